The molecule has 0 radical (unpaired) electrons. The zero-order valence-corrected chi connectivity index (χ0v) is 13.0. The third kappa shape index (κ3) is 5.87. The summed E-state index contributed by atoms with van der Waals surface area (Å²) in [6.07, 6.45) is 1.36. The van der Waals surface area contributed by atoms with E-state index in [1.165, 1.54) is 0 Å². The van der Waals surface area contributed by atoms with Crippen molar-refractivity contribution in [1.82, 2.24) is 0 Å². The average molecular weight is 332 g/mol. The van der Waals surface area contributed by atoms with Gasteiger partial charge in [0, 0.05) is 0 Å². The van der Waals surface area contributed by atoms with Crippen LogP contribution in [0.3, 0.4) is 0 Å². The van der Waals surface area contributed by atoms with E-state index in [0.717, 1.165) is 25.7 Å². The quantitative estimate of drug-likeness (QED) is 0.592. The Bertz CT molecular complexity index is 363. The van der Waals surface area contributed by atoms with Crippen LogP contribution in [0.25, 0.3) is 0 Å². The predicted molar refractivity (Wildman–Crippen MR) is 76.5 cm³/mol. The smallest absolute Gasteiger partial charge is 0.428 e. The summed E-state index contributed by atoms with van der Waals surface area (Å²) in [6.45, 7) is -0.636. The molecular weight excluding hydrogens is 308 g/mol. The number of aliphatic hydroxyl groups excluding tert-OH is 2. The second-order valence-electron chi connectivity index (χ2n) is 5.92. The fourth-order valence-corrected chi connectivity index (χ4v) is 2.87. The van der Waals surface area contributed by atoms with Gasteiger partial charge >= 0.3 is 12.3 Å². The third-order valence-corrected chi connectivity index (χ3v) is 4.18. The van der Waals surface area contributed by atoms with Crippen LogP contribution in [0.5, 0.6) is 0 Å². The predicted octanol–water partition coefficient (Wildman–Crippen LogP) is 1.86. The van der Waals surface area contributed by atoms with E-state index in [1.807, 2.05) is 0 Å². The highest BCUT2D eigenvalue weighted by Gasteiger charge is 2.28. The van der Waals surface area contributed by atoms with Gasteiger partial charge in [0.15, 0.2) is 0 Å². The molecule has 2 saturated carbocycles. The zero-order chi connectivity index (χ0) is 16.7. The first kappa shape index (κ1) is 17.8. The van der Waals surface area contributed by atoms with Gasteiger partial charge in [0.1, 0.15) is 12.2 Å². The molecule has 4 unspecified atom stereocenters. The molecule has 0 saturated heterocycles. The third-order valence-electron chi connectivity index (χ3n) is 4.18. The van der Waals surface area contributed by atoms with E-state index in [4.69, 9.17) is 9.47 Å². The Balaban J connectivity index is 1.60. The van der Waals surface area contributed by atoms with Gasteiger partial charge in [-0.1, -0.05) is 12.8 Å². The van der Waals surface area contributed by atoms with Gasteiger partial charge in [0.2, 0.25) is 6.79 Å². The van der Waals surface area contributed by atoms with Crippen molar-refractivity contribution in [3.05, 3.63) is 0 Å². The van der Waals surface area contributed by atoms with E-state index >= 15 is 0 Å². The molecule has 0 aromatic rings. The molecule has 2 aliphatic rings. The van der Waals surface area contributed by atoms with E-state index in [0.29, 0.717) is 25.7 Å². The highest BCUT2D eigenvalue weighted by atomic mass is 16.8. The topological polar surface area (TPSA) is 112 Å². The summed E-state index contributed by atoms with van der Waals surface area (Å²) in [4.78, 5) is 22.9. The van der Waals surface area contributed by atoms with Crippen LogP contribution >= 0.6 is 0 Å². The highest BCUT2D eigenvalue weighted by Crippen LogP contribution is 2.22. The van der Waals surface area contributed by atoms with E-state index in [9.17, 15) is 19.8 Å². The Morgan fingerprint density at radius 2 is 1.13 bits per heavy atom. The first-order chi connectivity index (χ1) is 11.1. The Hall–Kier alpha value is -1.54. The minimum absolute atomic E-state index is 0.582. The van der Waals surface area contributed by atoms with Crippen LogP contribution in [-0.4, -0.2) is 53.7 Å². The lowest BCUT2D eigenvalue weighted by Gasteiger charge is -2.27. The molecule has 0 spiro atoms. The zero-order valence-electron chi connectivity index (χ0n) is 13.0. The van der Waals surface area contributed by atoms with Crippen LogP contribution in [-0.2, 0) is 18.9 Å². The molecule has 0 aromatic carbocycles. The first-order valence-corrected chi connectivity index (χ1v) is 8.09. The SMILES string of the molecule is O=C(OCOC(=O)OC1CCCCC1O)OC1CCCCC1O. The molecule has 0 amide bonds. The summed E-state index contributed by atoms with van der Waals surface area (Å²) in [7, 11) is 0. The number of ether oxygens (including phenoxy) is 4. The fraction of sp³-hybridized carbons (Fsp3) is 0.867. The van der Waals surface area contributed by atoms with Gasteiger partial charge < -0.3 is 29.2 Å². The van der Waals surface area contributed by atoms with Gasteiger partial charge in [-0.05, 0) is 38.5 Å². The first-order valence-electron chi connectivity index (χ1n) is 8.09. The van der Waals surface area contributed by atoms with Gasteiger partial charge in [-0.15, -0.1) is 0 Å². The van der Waals surface area contributed by atoms with Crippen LogP contribution < -0.4 is 0 Å². The standard InChI is InChI=1S/C15H24O8/c16-10-5-1-3-7-12(10)22-14(18)20-9-21-15(19)23-13-8-4-2-6-11(13)17/h10-13,16-17H,1-9H2. The lowest BCUT2D eigenvalue weighted by molar-refractivity contribution is -0.0912. The van der Waals surface area contributed by atoms with Crippen molar-refractivity contribution < 1.29 is 38.7 Å². The lowest BCUT2D eigenvalue weighted by atomic mass is 9.95. The molecule has 23 heavy (non-hydrogen) atoms. The summed E-state index contributed by atoms with van der Waals surface area (Å²) in [5, 5.41) is 19.4. The van der Waals surface area contributed by atoms with E-state index in [1.54, 1.807) is 0 Å². The van der Waals surface area contributed by atoms with Crippen LogP contribution in [0.15, 0.2) is 0 Å². The van der Waals surface area contributed by atoms with Crippen LogP contribution in [0.2, 0.25) is 0 Å². The number of rotatable bonds is 4. The molecule has 2 fully saturated rings. The maximum atomic E-state index is 11.5. The number of aliphatic hydroxyl groups is 2. The van der Waals surface area contributed by atoms with Crippen LogP contribution in [0, 0.1) is 0 Å². The van der Waals surface area contributed by atoms with Crippen LogP contribution in [0.1, 0.15) is 51.4 Å². The maximum Gasteiger partial charge on any atom is 0.511 e. The molecule has 2 N–H and O–H groups in total. The molecule has 4 atom stereocenters. The normalized spacial score (nSPS) is 31.0. The van der Waals surface area contributed by atoms with Crippen molar-refractivity contribution in [2.45, 2.75) is 75.8 Å². The fourth-order valence-electron chi connectivity index (χ4n) is 2.87. The van der Waals surface area contributed by atoms with Gasteiger partial charge in [0.25, 0.3) is 0 Å². The van der Waals surface area contributed by atoms with Gasteiger partial charge in [-0.25, -0.2) is 9.59 Å². The van der Waals surface area contributed by atoms with Crippen molar-refractivity contribution >= 4 is 12.3 Å². The van der Waals surface area contributed by atoms with Crippen molar-refractivity contribution in [3.63, 3.8) is 0 Å². The summed E-state index contributed by atoms with van der Waals surface area (Å²) in [5.41, 5.74) is 0. The van der Waals surface area contributed by atoms with Crippen molar-refractivity contribution in [1.29, 1.82) is 0 Å². The molecular formula is C15H24O8. The molecule has 132 valence electrons. The average Bonchev–Trinajstić information content (AvgIpc) is 2.52. The highest BCUT2D eigenvalue weighted by molar-refractivity contribution is 5.62. The van der Waals surface area contributed by atoms with Crippen molar-refractivity contribution in [3.8, 4) is 0 Å². The Morgan fingerprint density at radius 1 is 0.739 bits per heavy atom. The molecule has 8 nitrogen and oxygen atoms in total. The lowest BCUT2D eigenvalue weighted by Crippen LogP contribution is -2.35. The number of hydrogen-bond donors (Lipinski definition) is 2. The second kappa shape index (κ2) is 8.93. The Kier molecular flexibility index (Phi) is 6.91. The Labute approximate surface area is 134 Å². The number of hydrogen-bond acceptors (Lipinski definition) is 8. The maximum absolute atomic E-state index is 11.5. The van der Waals surface area contributed by atoms with E-state index in [-0.39, 0.29) is 0 Å². The molecule has 2 rings (SSSR count). The van der Waals surface area contributed by atoms with Gasteiger partial charge in [-0.3, -0.25) is 0 Å². The molecule has 0 aliphatic heterocycles. The van der Waals surface area contributed by atoms with Crippen LogP contribution in [0.4, 0.5) is 9.59 Å². The largest absolute Gasteiger partial charge is 0.511 e. The van der Waals surface area contributed by atoms with Crippen molar-refractivity contribution in [2.75, 3.05) is 6.79 Å². The minimum atomic E-state index is -0.999. The molecule has 2 aliphatic carbocycles. The molecule has 0 bridgehead atoms. The van der Waals surface area contributed by atoms with E-state index < -0.39 is 43.5 Å². The summed E-state index contributed by atoms with van der Waals surface area (Å²) < 4.78 is 19.2. The molecule has 8 heteroatoms. The monoisotopic (exact) mass is 332 g/mol. The minimum Gasteiger partial charge on any atom is -0.428 e. The number of carbonyl (C=O) groups is 2. The summed E-state index contributed by atoms with van der Waals surface area (Å²) in [6, 6.07) is 0. The molecule has 0 heterocycles. The van der Waals surface area contributed by atoms with E-state index in [2.05, 4.69) is 9.47 Å². The molecule has 0 aromatic heterocycles. The summed E-state index contributed by atoms with van der Waals surface area (Å²) in [5.74, 6) is 0. The van der Waals surface area contributed by atoms with Crippen molar-refractivity contribution in [2.24, 2.45) is 0 Å². The van der Waals surface area contributed by atoms with Gasteiger partial charge in [-0.2, -0.15) is 0 Å². The van der Waals surface area contributed by atoms with Gasteiger partial charge in [0.05, 0.1) is 12.2 Å². The summed E-state index contributed by atoms with van der Waals surface area (Å²) >= 11 is 0. The number of carbonyl (C=O) groups excluding carboxylic acids is 2. The Morgan fingerprint density at radius 3 is 1.52 bits per heavy atom. The second-order valence-corrected chi connectivity index (χ2v) is 5.92.